The molecule has 0 radical (unpaired) electrons. The Morgan fingerprint density at radius 1 is 1.14 bits per heavy atom. The van der Waals surface area contributed by atoms with Crippen molar-refractivity contribution in [2.75, 3.05) is 0 Å². The fraction of sp³-hybridized carbons (Fsp3) is 0.667. The fourth-order valence-electron chi connectivity index (χ4n) is 1.34. The van der Waals surface area contributed by atoms with Crippen molar-refractivity contribution in [2.24, 2.45) is 5.73 Å². The molecule has 21 heavy (non-hydrogen) atoms. The average molecular weight is 302 g/mol. The van der Waals surface area contributed by atoms with E-state index >= 15 is 0 Å². The van der Waals surface area contributed by atoms with Gasteiger partial charge in [-0.3, -0.25) is 9.59 Å². The number of nitrogens with one attached hydrogen (secondary N) is 3. The van der Waals surface area contributed by atoms with Gasteiger partial charge in [0.2, 0.25) is 11.8 Å². The lowest BCUT2D eigenvalue weighted by molar-refractivity contribution is -0.140. The third-order valence-electron chi connectivity index (χ3n) is 2.25. The molecule has 4 amide bonds. The van der Waals surface area contributed by atoms with Crippen LogP contribution in [-0.2, 0) is 14.4 Å². The standard InChI is InChI=1S/C12H22N4O5/c1-6(9(18)16-12(2,3)4)14-11(21)15-7(10(19)20)5-8(13)17/h6-7H,5H2,1-4H3,(H2,13,17)(H,16,18)(H,19,20)(H2,14,15,21). The maximum Gasteiger partial charge on any atom is 0.326 e. The number of rotatable bonds is 6. The Balaban J connectivity index is 4.50. The summed E-state index contributed by atoms with van der Waals surface area (Å²) in [5.41, 5.74) is 4.43. The Morgan fingerprint density at radius 3 is 2.05 bits per heavy atom. The zero-order valence-corrected chi connectivity index (χ0v) is 12.5. The van der Waals surface area contributed by atoms with Gasteiger partial charge in [0.1, 0.15) is 12.1 Å². The molecule has 0 aliphatic heterocycles. The lowest BCUT2D eigenvalue weighted by Crippen LogP contribution is -2.55. The third kappa shape index (κ3) is 8.45. The van der Waals surface area contributed by atoms with Crippen molar-refractivity contribution in [3.63, 3.8) is 0 Å². The average Bonchev–Trinajstić information content (AvgIpc) is 2.24. The Labute approximate surface area is 122 Å². The van der Waals surface area contributed by atoms with Gasteiger partial charge in [-0.05, 0) is 27.7 Å². The first-order chi connectivity index (χ1) is 9.42. The summed E-state index contributed by atoms with van der Waals surface area (Å²) in [4.78, 5) is 44.9. The first-order valence-corrected chi connectivity index (χ1v) is 6.32. The molecule has 0 aliphatic rings. The number of hydrogen-bond donors (Lipinski definition) is 5. The molecule has 0 fully saturated rings. The van der Waals surface area contributed by atoms with Gasteiger partial charge in [0.05, 0.1) is 6.42 Å². The molecule has 0 spiro atoms. The normalized spacial score (nSPS) is 13.7. The van der Waals surface area contributed by atoms with Crippen LogP contribution in [0.25, 0.3) is 0 Å². The van der Waals surface area contributed by atoms with Crippen molar-refractivity contribution < 1.29 is 24.3 Å². The summed E-state index contributed by atoms with van der Waals surface area (Å²) >= 11 is 0. The van der Waals surface area contributed by atoms with Crippen LogP contribution in [-0.4, -0.2) is 46.5 Å². The van der Waals surface area contributed by atoms with E-state index in [1.54, 1.807) is 20.8 Å². The number of carbonyl (C=O) groups excluding carboxylic acids is 3. The summed E-state index contributed by atoms with van der Waals surface area (Å²) in [5.74, 6) is -2.67. The molecular weight excluding hydrogens is 280 g/mol. The van der Waals surface area contributed by atoms with Crippen molar-refractivity contribution in [1.29, 1.82) is 0 Å². The van der Waals surface area contributed by atoms with E-state index in [-0.39, 0.29) is 0 Å². The molecule has 0 saturated carbocycles. The van der Waals surface area contributed by atoms with Crippen LogP contribution in [0.3, 0.4) is 0 Å². The van der Waals surface area contributed by atoms with Crippen molar-refractivity contribution in [3.05, 3.63) is 0 Å². The predicted octanol–water partition coefficient (Wildman–Crippen LogP) is -1.08. The van der Waals surface area contributed by atoms with Gasteiger partial charge in [-0.1, -0.05) is 0 Å². The Morgan fingerprint density at radius 2 is 1.67 bits per heavy atom. The van der Waals surface area contributed by atoms with Crippen LogP contribution in [0, 0.1) is 0 Å². The van der Waals surface area contributed by atoms with Crippen molar-refractivity contribution in [3.8, 4) is 0 Å². The van der Waals surface area contributed by atoms with Gasteiger partial charge in [0.15, 0.2) is 0 Å². The molecule has 0 aromatic carbocycles. The topological polar surface area (TPSA) is 151 Å². The van der Waals surface area contributed by atoms with Crippen molar-refractivity contribution in [2.45, 2.75) is 51.7 Å². The third-order valence-corrected chi connectivity index (χ3v) is 2.25. The molecule has 9 nitrogen and oxygen atoms in total. The highest BCUT2D eigenvalue weighted by molar-refractivity contribution is 5.90. The number of carboxylic acid groups (broad SMARTS) is 1. The zero-order valence-electron chi connectivity index (χ0n) is 12.5. The molecule has 2 unspecified atom stereocenters. The van der Waals surface area contributed by atoms with Crippen LogP contribution >= 0.6 is 0 Å². The Hall–Kier alpha value is -2.32. The highest BCUT2D eigenvalue weighted by Crippen LogP contribution is 1.99. The van der Waals surface area contributed by atoms with Gasteiger partial charge in [0.25, 0.3) is 0 Å². The van der Waals surface area contributed by atoms with E-state index in [0.717, 1.165) is 0 Å². The van der Waals surface area contributed by atoms with E-state index in [4.69, 9.17) is 10.8 Å². The van der Waals surface area contributed by atoms with Crippen LogP contribution in [0.4, 0.5) is 4.79 Å². The highest BCUT2D eigenvalue weighted by atomic mass is 16.4. The van der Waals surface area contributed by atoms with Gasteiger partial charge in [-0.25, -0.2) is 9.59 Å². The van der Waals surface area contributed by atoms with Gasteiger partial charge >= 0.3 is 12.0 Å². The number of nitrogens with two attached hydrogens (primary N) is 1. The van der Waals surface area contributed by atoms with Crippen molar-refractivity contribution in [1.82, 2.24) is 16.0 Å². The summed E-state index contributed by atoms with van der Waals surface area (Å²) < 4.78 is 0. The number of primary amides is 1. The quantitative estimate of drug-likeness (QED) is 0.422. The first-order valence-electron chi connectivity index (χ1n) is 6.32. The smallest absolute Gasteiger partial charge is 0.326 e. The number of carboxylic acids is 1. The van der Waals surface area contributed by atoms with E-state index in [9.17, 15) is 19.2 Å². The molecule has 6 N–H and O–H groups in total. The number of carbonyl (C=O) groups is 4. The lowest BCUT2D eigenvalue weighted by atomic mass is 10.1. The summed E-state index contributed by atoms with van der Waals surface area (Å²) in [6.07, 6.45) is -0.536. The molecule has 0 saturated heterocycles. The molecule has 0 bridgehead atoms. The predicted molar refractivity (Wildman–Crippen MR) is 74.3 cm³/mol. The fourth-order valence-corrected chi connectivity index (χ4v) is 1.34. The molecule has 120 valence electrons. The number of hydrogen-bond acceptors (Lipinski definition) is 4. The summed E-state index contributed by atoms with van der Waals surface area (Å²) in [5, 5.41) is 15.8. The molecular formula is C12H22N4O5. The summed E-state index contributed by atoms with van der Waals surface area (Å²) in [6.45, 7) is 6.80. The zero-order chi connectivity index (χ0) is 16.8. The minimum atomic E-state index is -1.44. The first kappa shape index (κ1) is 18.7. The van der Waals surface area contributed by atoms with Gasteiger partial charge < -0.3 is 26.8 Å². The maximum absolute atomic E-state index is 11.7. The summed E-state index contributed by atoms with van der Waals surface area (Å²) in [6, 6.07) is -3.19. The molecule has 0 rings (SSSR count). The Kier molecular flexibility index (Phi) is 6.64. The molecule has 0 aromatic rings. The number of amides is 4. The monoisotopic (exact) mass is 302 g/mol. The van der Waals surface area contributed by atoms with E-state index in [1.807, 2.05) is 0 Å². The second-order valence-electron chi connectivity index (χ2n) is 5.64. The van der Waals surface area contributed by atoms with Gasteiger partial charge in [0, 0.05) is 5.54 Å². The minimum Gasteiger partial charge on any atom is -0.480 e. The molecule has 2 atom stereocenters. The van der Waals surface area contributed by atoms with Crippen LogP contribution in [0.5, 0.6) is 0 Å². The maximum atomic E-state index is 11.7. The molecule has 0 aliphatic carbocycles. The number of aliphatic carboxylic acids is 1. The number of urea groups is 1. The SMILES string of the molecule is CC(NC(=O)NC(CC(N)=O)C(=O)O)C(=O)NC(C)(C)C. The van der Waals surface area contributed by atoms with Gasteiger partial charge in [-0.2, -0.15) is 0 Å². The second kappa shape index (κ2) is 7.46. The highest BCUT2D eigenvalue weighted by Gasteiger charge is 2.25. The van der Waals surface area contributed by atoms with Crippen LogP contribution in [0.2, 0.25) is 0 Å². The summed E-state index contributed by atoms with van der Waals surface area (Å²) in [7, 11) is 0. The van der Waals surface area contributed by atoms with Crippen molar-refractivity contribution >= 4 is 23.8 Å². The van der Waals surface area contributed by atoms with E-state index in [0.29, 0.717) is 0 Å². The van der Waals surface area contributed by atoms with Crippen LogP contribution in [0.15, 0.2) is 0 Å². The van der Waals surface area contributed by atoms with Gasteiger partial charge in [-0.15, -0.1) is 0 Å². The lowest BCUT2D eigenvalue weighted by Gasteiger charge is -2.24. The van der Waals surface area contributed by atoms with Crippen LogP contribution < -0.4 is 21.7 Å². The molecule has 0 aromatic heterocycles. The largest absolute Gasteiger partial charge is 0.480 e. The molecule has 9 heteroatoms. The van der Waals surface area contributed by atoms with E-state index in [2.05, 4.69) is 16.0 Å². The minimum absolute atomic E-state index is 0.417. The Bertz CT molecular complexity index is 430. The second-order valence-corrected chi connectivity index (χ2v) is 5.64. The van der Waals surface area contributed by atoms with E-state index in [1.165, 1.54) is 6.92 Å². The van der Waals surface area contributed by atoms with Crippen LogP contribution in [0.1, 0.15) is 34.1 Å². The molecule has 0 heterocycles. The van der Waals surface area contributed by atoms with E-state index < -0.39 is 47.9 Å².